The van der Waals surface area contributed by atoms with Crippen molar-refractivity contribution in [2.45, 2.75) is 23.3 Å². The number of aryl methyl sites for hydroxylation is 1. The minimum Gasteiger partial charge on any atom is -0.326 e. The largest absolute Gasteiger partial charge is 0.326 e. The second-order valence-corrected chi connectivity index (χ2v) is 5.10. The van der Waals surface area contributed by atoms with Gasteiger partial charge in [-0.2, -0.15) is 0 Å². The molecule has 0 fully saturated rings. The van der Waals surface area contributed by atoms with Gasteiger partial charge in [-0.15, -0.1) is 0 Å². The van der Waals surface area contributed by atoms with Crippen molar-refractivity contribution >= 4 is 11.8 Å². The number of nitrogens with two attached hydrogens (primary N) is 1. The molecule has 2 aromatic rings. The summed E-state index contributed by atoms with van der Waals surface area (Å²) in [6, 6.07) is 10.1. The molecule has 0 bridgehead atoms. The zero-order valence-electron chi connectivity index (χ0n) is 9.91. The van der Waals surface area contributed by atoms with Gasteiger partial charge in [-0.05, 0) is 36.8 Å². The Balaban J connectivity index is 2.35. The second kappa shape index (κ2) is 5.50. The van der Waals surface area contributed by atoms with E-state index in [4.69, 9.17) is 5.73 Å². The molecule has 0 aliphatic rings. The first-order valence-electron chi connectivity index (χ1n) is 5.52. The summed E-state index contributed by atoms with van der Waals surface area (Å²) in [5, 5.41) is 0. The van der Waals surface area contributed by atoms with Gasteiger partial charge in [0.1, 0.15) is 11.6 Å². The van der Waals surface area contributed by atoms with E-state index in [1.54, 1.807) is 0 Å². The number of hydrogen-bond acceptors (Lipinski definition) is 2. The van der Waals surface area contributed by atoms with Crippen LogP contribution in [-0.2, 0) is 6.54 Å². The molecule has 0 spiro atoms. The van der Waals surface area contributed by atoms with Crippen LogP contribution < -0.4 is 5.73 Å². The molecule has 2 rings (SSSR count). The Morgan fingerprint density at radius 2 is 1.78 bits per heavy atom. The van der Waals surface area contributed by atoms with Crippen LogP contribution >= 0.6 is 11.8 Å². The molecule has 4 heteroatoms. The molecular weight excluding hydrogens is 252 g/mol. The Labute approximate surface area is 109 Å². The molecule has 2 aromatic carbocycles. The van der Waals surface area contributed by atoms with E-state index in [0.717, 1.165) is 22.2 Å². The third-order valence-electron chi connectivity index (χ3n) is 2.50. The monoisotopic (exact) mass is 265 g/mol. The van der Waals surface area contributed by atoms with Crippen LogP contribution in [0.15, 0.2) is 46.2 Å². The highest BCUT2D eigenvalue weighted by atomic mass is 32.2. The zero-order chi connectivity index (χ0) is 13.1. The van der Waals surface area contributed by atoms with E-state index >= 15 is 0 Å². The van der Waals surface area contributed by atoms with Crippen LogP contribution in [0.3, 0.4) is 0 Å². The fourth-order valence-electron chi connectivity index (χ4n) is 1.62. The first-order valence-corrected chi connectivity index (χ1v) is 6.34. The van der Waals surface area contributed by atoms with Gasteiger partial charge in [-0.1, -0.05) is 29.5 Å². The van der Waals surface area contributed by atoms with Crippen LogP contribution in [0, 0.1) is 18.6 Å². The van der Waals surface area contributed by atoms with Crippen molar-refractivity contribution in [2.75, 3.05) is 0 Å². The van der Waals surface area contributed by atoms with Crippen LogP contribution in [-0.4, -0.2) is 0 Å². The maximum atomic E-state index is 13.8. The molecule has 0 saturated carbocycles. The summed E-state index contributed by atoms with van der Waals surface area (Å²) in [6.07, 6.45) is 0. The molecule has 0 heterocycles. The average Bonchev–Trinajstić information content (AvgIpc) is 2.33. The third-order valence-corrected chi connectivity index (χ3v) is 3.59. The van der Waals surface area contributed by atoms with Crippen LogP contribution in [0.1, 0.15) is 11.1 Å². The predicted molar refractivity (Wildman–Crippen MR) is 69.6 cm³/mol. The van der Waals surface area contributed by atoms with Gasteiger partial charge in [0, 0.05) is 11.4 Å². The predicted octanol–water partition coefficient (Wildman–Crippen LogP) is 3.88. The van der Waals surface area contributed by atoms with Gasteiger partial charge in [0.05, 0.1) is 4.90 Å². The first-order chi connectivity index (χ1) is 8.60. The molecule has 2 N–H and O–H groups in total. The van der Waals surface area contributed by atoms with Crippen LogP contribution in [0.25, 0.3) is 0 Å². The summed E-state index contributed by atoms with van der Waals surface area (Å²) >= 11 is 1.08. The molecule has 18 heavy (non-hydrogen) atoms. The Kier molecular flexibility index (Phi) is 3.99. The van der Waals surface area contributed by atoms with E-state index in [9.17, 15) is 8.78 Å². The molecule has 0 radical (unpaired) electrons. The molecule has 0 atom stereocenters. The smallest absolute Gasteiger partial charge is 0.140 e. The topological polar surface area (TPSA) is 26.0 Å². The van der Waals surface area contributed by atoms with Gasteiger partial charge in [0.2, 0.25) is 0 Å². The average molecular weight is 265 g/mol. The van der Waals surface area contributed by atoms with Crippen molar-refractivity contribution in [3.05, 3.63) is 59.2 Å². The van der Waals surface area contributed by atoms with Crippen molar-refractivity contribution in [3.63, 3.8) is 0 Å². The molecule has 0 unspecified atom stereocenters. The molecular formula is C14H13F2NS. The van der Waals surface area contributed by atoms with Gasteiger partial charge in [0.25, 0.3) is 0 Å². The Morgan fingerprint density at radius 3 is 2.33 bits per heavy atom. The number of halogens is 2. The van der Waals surface area contributed by atoms with E-state index in [1.165, 1.54) is 12.1 Å². The van der Waals surface area contributed by atoms with Crippen LogP contribution in [0.2, 0.25) is 0 Å². The summed E-state index contributed by atoms with van der Waals surface area (Å²) < 4.78 is 27.5. The minimum absolute atomic E-state index is 0.0119. The van der Waals surface area contributed by atoms with Gasteiger partial charge >= 0.3 is 0 Å². The van der Waals surface area contributed by atoms with Crippen molar-refractivity contribution in [2.24, 2.45) is 5.73 Å². The third kappa shape index (κ3) is 2.89. The molecule has 0 amide bonds. The second-order valence-electron chi connectivity index (χ2n) is 4.01. The Bertz CT molecular complexity index is 546. The zero-order valence-corrected chi connectivity index (χ0v) is 10.7. The van der Waals surface area contributed by atoms with Crippen LogP contribution in [0.4, 0.5) is 8.78 Å². The van der Waals surface area contributed by atoms with E-state index in [-0.39, 0.29) is 11.4 Å². The minimum atomic E-state index is -0.568. The van der Waals surface area contributed by atoms with E-state index in [0.29, 0.717) is 5.56 Å². The van der Waals surface area contributed by atoms with Gasteiger partial charge in [-0.3, -0.25) is 0 Å². The molecule has 0 aliphatic carbocycles. The van der Waals surface area contributed by atoms with Crippen molar-refractivity contribution in [1.82, 2.24) is 0 Å². The standard InChI is InChI=1S/C14H13F2NS/c1-9-3-2-4-11(5-9)18-14-12(15)6-10(8-17)7-13(14)16/h2-7H,8,17H2,1H3. The van der Waals surface area contributed by atoms with Gasteiger partial charge < -0.3 is 5.73 Å². The summed E-state index contributed by atoms with van der Waals surface area (Å²) in [6.45, 7) is 2.07. The summed E-state index contributed by atoms with van der Waals surface area (Å²) in [4.78, 5) is 0.825. The summed E-state index contributed by atoms with van der Waals surface area (Å²) in [5.41, 5.74) is 6.88. The van der Waals surface area contributed by atoms with E-state index in [2.05, 4.69) is 0 Å². The molecule has 0 saturated heterocycles. The molecule has 94 valence electrons. The van der Waals surface area contributed by atoms with Gasteiger partial charge in [-0.25, -0.2) is 8.78 Å². The van der Waals surface area contributed by atoms with Crippen LogP contribution in [0.5, 0.6) is 0 Å². The normalized spacial score (nSPS) is 10.7. The quantitative estimate of drug-likeness (QED) is 0.911. The summed E-state index contributed by atoms with van der Waals surface area (Å²) in [7, 11) is 0. The van der Waals surface area contributed by atoms with Crippen molar-refractivity contribution < 1.29 is 8.78 Å². The lowest BCUT2D eigenvalue weighted by atomic mass is 10.2. The molecule has 1 nitrogen and oxygen atoms in total. The van der Waals surface area contributed by atoms with Crippen molar-refractivity contribution in [1.29, 1.82) is 0 Å². The molecule has 0 aromatic heterocycles. The summed E-state index contributed by atoms with van der Waals surface area (Å²) in [5.74, 6) is -1.14. The lowest BCUT2D eigenvalue weighted by Crippen LogP contribution is -1.99. The SMILES string of the molecule is Cc1cccc(Sc2c(F)cc(CN)cc2F)c1. The first kappa shape index (κ1) is 13.1. The van der Waals surface area contributed by atoms with E-state index < -0.39 is 11.6 Å². The Hall–Kier alpha value is -1.39. The number of hydrogen-bond donors (Lipinski definition) is 1. The highest BCUT2D eigenvalue weighted by Crippen LogP contribution is 2.33. The highest BCUT2D eigenvalue weighted by Gasteiger charge is 2.12. The number of rotatable bonds is 3. The number of benzene rings is 2. The lowest BCUT2D eigenvalue weighted by Gasteiger charge is -2.07. The fraction of sp³-hybridized carbons (Fsp3) is 0.143. The van der Waals surface area contributed by atoms with E-state index in [1.807, 2.05) is 31.2 Å². The highest BCUT2D eigenvalue weighted by molar-refractivity contribution is 7.99. The maximum absolute atomic E-state index is 13.8. The lowest BCUT2D eigenvalue weighted by molar-refractivity contribution is 0.537. The molecule has 0 aliphatic heterocycles. The van der Waals surface area contributed by atoms with Crippen molar-refractivity contribution in [3.8, 4) is 0 Å². The Morgan fingerprint density at radius 1 is 1.11 bits per heavy atom. The fourth-order valence-corrected chi connectivity index (χ4v) is 2.56. The van der Waals surface area contributed by atoms with Gasteiger partial charge in [0.15, 0.2) is 0 Å². The maximum Gasteiger partial charge on any atom is 0.140 e.